The quantitative estimate of drug-likeness (QED) is 0.292. The lowest BCUT2D eigenvalue weighted by Crippen LogP contribution is -2.15. The second-order valence-corrected chi connectivity index (χ2v) is 8.68. The van der Waals surface area contributed by atoms with Crippen LogP contribution in [-0.2, 0) is 19.4 Å². The van der Waals surface area contributed by atoms with E-state index in [4.69, 9.17) is 4.74 Å². The number of para-hydroxylation sites is 1. The average Bonchev–Trinajstić information content (AvgIpc) is 3.40. The van der Waals surface area contributed by atoms with Crippen molar-refractivity contribution in [3.8, 4) is 17.1 Å². The molecule has 0 amide bonds. The highest BCUT2D eigenvalue weighted by molar-refractivity contribution is 8.00. The number of ether oxygens (including phenoxy) is 1. The van der Waals surface area contributed by atoms with Crippen LogP contribution in [0.15, 0.2) is 60.3 Å². The number of rotatable bonds is 8. The van der Waals surface area contributed by atoms with Gasteiger partial charge in [-0.3, -0.25) is 9.36 Å². The number of allylic oxidation sites excluding steroid dienone is 1. The van der Waals surface area contributed by atoms with E-state index >= 15 is 0 Å². The van der Waals surface area contributed by atoms with Crippen molar-refractivity contribution in [1.29, 1.82) is 0 Å². The van der Waals surface area contributed by atoms with Gasteiger partial charge in [0.25, 0.3) is 0 Å². The van der Waals surface area contributed by atoms with Crippen LogP contribution in [0, 0.1) is 0 Å². The van der Waals surface area contributed by atoms with Crippen molar-refractivity contribution in [2.45, 2.75) is 43.1 Å². The molecule has 3 aromatic rings. The zero-order valence-corrected chi connectivity index (χ0v) is 18.1. The minimum atomic E-state index is -0.275. The summed E-state index contributed by atoms with van der Waals surface area (Å²) < 4.78 is 7.46. The number of nitrogens with zero attached hydrogens (tertiary/aromatic N) is 3. The summed E-state index contributed by atoms with van der Waals surface area (Å²) >= 11 is 1.43. The number of benzene rings is 2. The number of carbonyl (C=O) groups excluding carboxylic acids is 1. The molecule has 1 atom stereocenters. The lowest BCUT2D eigenvalue weighted by molar-refractivity contribution is 0.0993. The lowest BCUT2D eigenvalue weighted by atomic mass is 10.0. The van der Waals surface area contributed by atoms with Gasteiger partial charge in [0.05, 0.1) is 17.9 Å². The lowest BCUT2D eigenvalue weighted by Gasteiger charge is -2.13. The summed E-state index contributed by atoms with van der Waals surface area (Å²) in [4.78, 5) is 13.1. The highest BCUT2D eigenvalue weighted by atomic mass is 32.2. The van der Waals surface area contributed by atoms with E-state index in [1.54, 1.807) is 13.2 Å². The Morgan fingerprint density at radius 2 is 2.03 bits per heavy atom. The molecule has 0 saturated carbocycles. The number of fused-ring (bicyclic) bond motifs is 1. The molecule has 0 spiro atoms. The van der Waals surface area contributed by atoms with Crippen LogP contribution in [0.25, 0.3) is 11.4 Å². The van der Waals surface area contributed by atoms with Crippen LogP contribution in [0.2, 0.25) is 0 Å². The minimum Gasteiger partial charge on any atom is -0.496 e. The predicted octanol–water partition coefficient (Wildman–Crippen LogP) is 4.99. The number of methoxy groups -OCH3 is 1. The van der Waals surface area contributed by atoms with Crippen molar-refractivity contribution in [2.75, 3.05) is 7.11 Å². The second kappa shape index (κ2) is 8.88. The molecule has 30 heavy (non-hydrogen) atoms. The molecule has 1 aliphatic rings. The normalized spacial score (nSPS) is 13.7. The van der Waals surface area contributed by atoms with Crippen molar-refractivity contribution in [1.82, 2.24) is 14.8 Å². The second-order valence-electron chi connectivity index (χ2n) is 7.37. The smallest absolute Gasteiger partial charge is 0.192 e. The van der Waals surface area contributed by atoms with Crippen molar-refractivity contribution in [2.24, 2.45) is 0 Å². The van der Waals surface area contributed by atoms with Crippen LogP contribution in [0.5, 0.6) is 5.75 Å². The molecule has 0 N–H and O–H groups in total. The topological polar surface area (TPSA) is 57.0 Å². The number of hydrogen-bond acceptors (Lipinski definition) is 5. The number of Topliss-reactive ketones (excluding diaryl/α,β-unsaturated/α-hetero) is 1. The summed E-state index contributed by atoms with van der Waals surface area (Å²) in [6.45, 7) is 6.34. The van der Waals surface area contributed by atoms with Crippen molar-refractivity contribution >= 4 is 17.5 Å². The maximum atomic E-state index is 13.1. The summed E-state index contributed by atoms with van der Waals surface area (Å²) in [7, 11) is 1.64. The molecular formula is C24H25N3O2S. The monoisotopic (exact) mass is 419 g/mol. The molecule has 1 heterocycles. The summed E-state index contributed by atoms with van der Waals surface area (Å²) in [5.74, 6) is 1.54. The SMILES string of the molecule is C=CCn1c(S[C@@H](C)C(=O)c2ccc3c(c2)CCC3)nnc1-c1ccccc1OC. The first-order chi connectivity index (χ1) is 14.6. The molecule has 0 radical (unpaired) electrons. The molecule has 0 aliphatic heterocycles. The average molecular weight is 420 g/mol. The number of aromatic nitrogens is 3. The first-order valence-corrected chi connectivity index (χ1v) is 11.0. The van der Waals surface area contributed by atoms with Gasteiger partial charge < -0.3 is 4.74 Å². The van der Waals surface area contributed by atoms with Gasteiger partial charge in [-0.2, -0.15) is 0 Å². The van der Waals surface area contributed by atoms with E-state index in [0.717, 1.165) is 29.7 Å². The van der Waals surface area contributed by atoms with Gasteiger partial charge in [0.2, 0.25) is 0 Å². The van der Waals surface area contributed by atoms with E-state index in [9.17, 15) is 4.79 Å². The van der Waals surface area contributed by atoms with Gasteiger partial charge in [-0.05, 0) is 55.5 Å². The van der Waals surface area contributed by atoms with E-state index in [1.165, 1.54) is 29.3 Å². The molecule has 5 nitrogen and oxygen atoms in total. The number of carbonyl (C=O) groups is 1. The zero-order chi connectivity index (χ0) is 21.1. The van der Waals surface area contributed by atoms with Crippen LogP contribution in [0.4, 0.5) is 0 Å². The van der Waals surface area contributed by atoms with Gasteiger partial charge in [-0.25, -0.2) is 0 Å². The van der Waals surface area contributed by atoms with E-state index < -0.39 is 0 Å². The van der Waals surface area contributed by atoms with Gasteiger partial charge in [0.15, 0.2) is 16.8 Å². The molecule has 2 aromatic carbocycles. The van der Waals surface area contributed by atoms with E-state index in [1.807, 2.05) is 41.8 Å². The van der Waals surface area contributed by atoms with E-state index in [-0.39, 0.29) is 11.0 Å². The van der Waals surface area contributed by atoms with Crippen molar-refractivity contribution < 1.29 is 9.53 Å². The number of aryl methyl sites for hydroxylation is 2. The number of hydrogen-bond donors (Lipinski definition) is 0. The Morgan fingerprint density at radius 1 is 1.23 bits per heavy atom. The fourth-order valence-corrected chi connectivity index (χ4v) is 4.81. The largest absolute Gasteiger partial charge is 0.496 e. The van der Waals surface area contributed by atoms with Crippen LogP contribution >= 0.6 is 11.8 Å². The predicted molar refractivity (Wildman–Crippen MR) is 120 cm³/mol. The molecular weight excluding hydrogens is 394 g/mol. The molecule has 0 unspecified atom stereocenters. The van der Waals surface area contributed by atoms with E-state index in [0.29, 0.717) is 17.5 Å². The molecule has 1 aromatic heterocycles. The summed E-state index contributed by atoms with van der Waals surface area (Å²) in [5.41, 5.74) is 4.32. The Kier molecular flexibility index (Phi) is 6.04. The van der Waals surface area contributed by atoms with Crippen LogP contribution in [0.3, 0.4) is 0 Å². The fourth-order valence-electron chi connectivity index (χ4n) is 3.87. The third-order valence-corrected chi connectivity index (χ3v) is 6.49. The molecule has 0 fully saturated rings. The highest BCUT2D eigenvalue weighted by Crippen LogP contribution is 2.33. The molecule has 4 rings (SSSR count). The number of thioether (sulfide) groups is 1. The van der Waals surface area contributed by atoms with Crippen LogP contribution < -0.4 is 4.74 Å². The Bertz CT molecular complexity index is 1090. The highest BCUT2D eigenvalue weighted by Gasteiger charge is 2.23. The van der Waals surface area contributed by atoms with Gasteiger partial charge >= 0.3 is 0 Å². The molecule has 6 heteroatoms. The maximum absolute atomic E-state index is 13.1. The van der Waals surface area contributed by atoms with Crippen molar-refractivity contribution in [3.05, 3.63) is 71.8 Å². The Labute approximate surface area is 181 Å². The maximum Gasteiger partial charge on any atom is 0.192 e. The van der Waals surface area contributed by atoms with Gasteiger partial charge in [-0.1, -0.05) is 42.1 Å². The third kappa shape index (κ3) is 3.92. The summed E-state index contributed by atoms with van der Waals surface area (Å²) in [5, 5.41) is 9.20. The standard InChI is InChI=1S/C24H25N3O2S/c1-4-14-27-23(20-10-5-6-11-21(20)29-3)25-26-24(27)30-16(2)22(28)19-13-12-17-8-7-9-18(17)15-19/h4-6,10-13,15-16H,1,7-9,14H2,2-3H3/t16-/m0/s1. The summed E-state index contributed by atoms with van der Waals surface area (Å²) in [6, 6.07) is 13.8. The van der Waals surface area contributed by atoms with Gasteiger partial charge in [-0.15, -0.1) is 16.8 Å². The van der Waals surface area contributed by atoms with Gasteiger partial charge in [0, 0.05) is 12.1 Å². The van der Waals surface area contributed by atoms with Crippen LogP contribution in [0.1, 0.15) is 34.8 Å². The molecule has 0 bridgehead atoms. The number of ketones is 1. The first-order valence-electron chi connectivity index (χ1n) is 10.1. The van der Waals surface area contributed by atoms with E-state index in [2.05, 4.69) is 28.9 Å². The Hall–Kier alpha value is -2.86. The molecule has 0 saturated heterocycles. The van der Waals surface area contributed by atoms with Crippen LogP contribution in [-0.4, -0.2) is 32.9 Å². The zero-order valence-electron chi connectivity index (χ0n) is 17.3. The summed E-state index contributed by atoms with van der Waals surface area (Å²) in [6.07, 6.45) is 5.16. The molecule has 1 aliphatic carbocycles. The molecule has 154 valence electrons. The fraction of sp³-hybridized carbons (Fsp3) is 0.292. The van der Waals surface area contributed by atoms with Crippen molar-refractivity contribution in [3.63, 3.8) is 0 Å². The Balaban J connectivity index is 1.60. The Morgan fingerprint density at radius 3 is 2.83 bits per heavy atom. The first kappa shape index (κ1) is 20.4. The van der Waals surface area contributed by atoms with Gasteiger partial charge in [0.1, 0.15) is 5.75 Å². The third-order valence-electron chi connectivity index (χ3n) is 5.41. The minimum absolute atomic E-state index is 0.113.